The topological polar surface area (TPSA) is 24.4 Å². The summed E-state index contributed by atoms with van der Waals surface area (Å²) < 4.78 is 1.07. The van der Waals surface area contributed by atoms with Gasteiger partial charge in [0.15, 0.2) is 0 Å². The van der Waals surface area contributed by atoms with Gasteiger partial charge in [0.05, 0.1) is 16.8 Å². The minimum absolute atomic E-state index is 1.02. The highest BCUT2D eigenvalue weighted by atomic mass is 79.9. The van der Waals surface area contributed by atoms with Crippen LogP contribution in [0.4, 0.5) is 5.69 Å². The molecule has 2 nitrogen and oxygen atoms in total. The van der Waals surface area contributed by atoms with Crippen molar-refractivity contribution in [2.75, 3.05) is 5.43 Å². The number of nitrogens with zero attached hydrogens (tertiary/aromatic N) is 1. The SMILES string of the molecule is Brc1ccsc1/C=N/Nc1cccc2ccccc12. The summed E-state index contributed by atoms with van der Waals surface area (Å²) in [6.45, 7) is 0. The lowest BCUT2D eigenvalue weighted by Crippen LogP contribution is -1.90. The Kier molecular flexibility index (Phi) is 3.62. The summed E-state index contributed by atoms with van der Waals surface area (Å²) in [7, 11) is 0. The fourth-order valence-electron chi connectivity index (χ4n) is 1.88. The molecule has 4 heteroatoms. The predicted molar refractivity (Wildman–Crippen MR) is 87.2 cm³/mol. The molecule has 19 heavy (non-hydrogen) atoms. The molecule has 0 radical (unpaired) electrons. The van der Waals surface area contributed by atoms with Gasteiger partial charge in [0, 0.05) is 9.86 Å². The first-order valence-corrected chi connectivity index (χ1v) is 7.52. The Morgan fingerprint density at radius 2 is 1.89 bits per heavy atom. The summed E-state index contributed by atoms with van der Waals surface area (Å²) >= 11 is 5.14. The number of thiophene rings is 1. The van der Waals surface area contributed by atoms with Crippen LogP contribution in [-0.4, -0.2) is 6.21 Å². The van der Waals surface area contributed by atoms with E-state index in [4.69, 9.17) is 0 Å². The van der Waals surface area contributed by atoms with Gasteiger partial charge in [-0.15, -0.1) is 11.3 Å². The third-order valence-electron chi connectivity index (χ3n) is 2.80. The smallest absolute Gasteiger partial charge is 0.0656 e. The van der Waals surface area contributed by atoms with Gasteiger partial charge in [-0.25, -0.2) is 0 Å². The molecule has 0 bridgehead atoms. The number of hydrogen-bond donors (Lipinski definition) is 1. The molecule has 0 aliphatic carbocycles. The largest absolute Gasteiger partial charge is 0.278 e. The number of anilines is 1. The van der Waals surface area contributed by atoms with Gasteiger partial charge in [0.1, 0.15) is 0 Å². The maximum absolute atomic E-state index is 4.30. The van der Waals surface area contributed by atoms with Crippen molar-refractivity contribution in [1.29, 1.82) is 0 Å². The van der Waals surface area contributed by atoms with E-state index >= 15 is 0 Å². The number of hydrazone groups is 1. The van der Waals surface area contributed by atoms with Crippen LogP contribution in [0, 0.1) is 0 Å². The van der Waals surface area contributed by atoms with Crippen molar-refractivity contribution in [2.45, 2.75) is 0 Å². The van der Waals surface area contributed by atoms with Gasteiger partial charge in [-0.1, -0.05) is 36.4 Å². The molecule has 0 spiro atoms. The lowest BCUT2D eigenvalue weighted by molar-refractivity contribution is 1.37. The number of halogens is 1. The maximum atomic E-state index is 4.30. The average Bonchev–Trinajstić information content (AvgIpc) is 2.85. The fraction of sp³-hybridized carbons (Fsp3) is 0. The van der Waals surface area contributed by atoms with Crippen molar-refractivity contribution >= 4 is 49.9 Å². The van der Waals surface area contributed by atoms with Crippen molar-refractivity contribution in [3.05, 3.63) is 63.3 Å². The van der Waals surface area contributed by atoms with Crippen molar-refractivity contribution in [3.63, 3.8) is 0 Å². The van der Waals surface area contributed by atoms with Crippen molar-refractivity contribution in [3.8, 4) is 0 Å². The monoisotopic (exact) mass is 330 g/mol. The van der Waals surface area contributed by atoms with Gasteiger partial charge in [-0.3, -0.25) is 5.43 Å². The molecule has 94 valence electrons. The molecule has 0 saturated carbocycles. The molecular weight excluding hydrogens is 320 g/mol. The molecule has 1 N–H and O–H groups in total. The van der Waals surface area contributed by atoms with Crippen LogP contribution in [0.1, 0.15) is 4.88 Å². The van der Waals surface area contributed by atoms with Crippen LogP contribution in [0.3, 0.4) is 0 Å². The summed E-state index contributed by atoms with van der Waals surface area (Å²) in [5.74, 6) is 0. The summed E-state index contributed by atoms with van der Waals surface area (Å²) in [5.41, 5.74) is 4.12. The maximum Gasteiger partial charge on any atom is 0.0656 e. The standard InChI is InChI=1S/C15H11BrN2S/c16-13-8-9-19-15(13)10-17-18-14-7-3-5-11-4-1-2-6-12(11)14/h1-10,18H/b17-10+. The lowest BCUT2D eigenvalue weighted by Gasteiger charge is -2.04. The normalized spacial score (nSPS) is 11.2. The van der Waals surface area contributed by atoms with Crippen molar-refractivity contribution in [1.82, 2.24) is 0 Å². The zero-order valence-corrected chi connectivity index (χ0v) is 12.4. The second kappa shape index (κ2) is 5.55. The van der Waals surface area contributed by atoms with Crippen LogP contribution in [-0.2, 0) is 0 Å². The molecule has 0 fully saturated rings. The second-order valence-corrected chi connectivity index (χ2v) is 5.83. The third-order valence-corrected chi connectivity index (χ3v) is 4.61. The van der Waals surface area contributed by atoms with E-state index in [0.29, 0.717) is 0 Å². The molecule has 2 aromatic carbocycles. The molecule has 3 rings (SSSR count). The Bertz CT molecular complexity index is 728. The van der Waals surface area contributed by atoms with Crippen molar-refractivity contribution < 1.29 is 0 Å². The van der Waals surface area contributed by atoms with Crippen molar-refractivity contribution in [2.24, 2.45) is 5.10 Å². The molecule has 0 unspecified atom stereocenters. The number of fused-ring (bicyclic) bond motifs is 1. The van der Waals surface area contributed by atoms with E-state index in [1.54, 1.807) is 11.3 Å². The summed E-state index contributed by atoms with van der Waals surface area (Å²) in [6, 6.07) is 16.4. The molecule has 0 amide bonds. The number of rotatable bonds is 3. The van der Waals surface area contributed by atoms with E-state index in [9.17, 15) is 0 Å². The Balaban J connectivity index is 1.86. The van der Waals surface area contributed by atoms with Crippen LogP contribution >= 0.6 is 27.3 Å². The van der Waals surface area contributed by atoms with Crippen LogP contribution in [0.15, 0.2) is 63.5 Å². The highest BCUT2D eigenvalue weighted by molar-refractivity contribution is 9.10. The molecule has 1 aromatic heterocycles. The molecule has 0 aliphatic rings. The fourth-order valence-corrected chi connectivity index (χ4v) is 3.22. The van der Waals surface area contributed by atoms with Gasteiger partial charge >= 0.3 is 0 Å². The van der Waals surface area contributed by atoms with E-state index < -0.39 is 0 Å². The number of benzene rings is 2. The van der Waals surface area contributed by atoms with E-state index in [0.717, 1.165) is 15.0 Å². The summed E-state index contributed by atoms with van der Waals surface area (Å²) in [5, 5.41) is 8.71. The van der Waals surface area contributed by atoms with Gasteiger partial charge < -0.3 is 0 Å². The zero-order valence-electron chi connectivity index (χ0n) is 10.0. The number of nitrogens with one attached hydrogen (secondary N) is 1. The van der Waals surface area contributed by atoms with E-state index in [-0.39, 0.29) is 0 Å². The van der Waals surface area contributed by atoms with E-state index in [1.165, 1.54) is 10.8 Å². The van der Waals surface area contributed by atoms with E-state index in [1.807, 2.05) is 41.9 Å². The predicted octanol–water partition coefficient (Wildman–Crippen LogP) is 5.11. The minimum Gasteiger partial charge on any atom is -0.278 e. The Morgan fingerprint density at radius 1 is 1.05 bits per heavy atom. The van der Waals surface area contributed by atoms with Crippen LogP contribution < -0.4 is 5.43 Å². The highest BCUT2D eigenvalue weighted by Crippen LogP contribution is 2.23. The Labute approximate surface area is 123 Å². The molecule has 0 saturated heterocycles. The Hall–Kier alpha value is -1.65. The zero-order chi connectivity index (χ0) is 13.1. The molecule has 0 atom stereocenters. The number of hydrogen-bond acceptors (Lipinski definition) is 3. The van der Waals surface area contributed by atoms with Gasteiger partial charge in [-0.2, -0.15) is 5.10 Å². The van der Waals surface area contributed by atoms with Crippen LogP contribution in [0.25, 0.3) is 10.8 Å². The molecule has 1 heterocycles. The van der Waals surface area contributed by atoms with E-state index in [2.05, 4.69) is 44.7 Å². The molecule has 3 aromatic rings. The Morgan fingerprint density at radius 3 is 2.74 bits per heavy atom. The highest BCUT2D eigenvalue weighted by Gasteiger charge is 1.99. The first-order valence-electron chi connectivity index (χ1n) is 5.84. The van der Waals surface area contributed by atoms with Gasteiger partial charge in [-0.05, 0) is 38.8 Å². The van der Waals surface area contributed by atoms with Crippen LogP contribution in [0.2, 0.25) is 0 Å². The third kappa shape index (κ3) is 2.69. The first-order chi connectivity index (χ1) is 9.34. The second-order valence-electron chi connectivity index (χ2n) is 4.03. The van der Waals surface area contributed by atoms with Gasteiger partial charge in [0.2, 0.25) is 0 Å². The molecular formula is C15H11BrN2S. The molecule has 0 aliphatic heterocycles. The van der Waals surface area contributed by atoms with Gasteiger partial charge in [0.25, 0.3) is 0 Å². The minimum atomic E-state index is 1.02. The average molecular weight is 331 g/mol. The summed E-state index contributed by atoms with van der Waals surface area (Å²) in [4.78, 5) is 1.10. The van der Waals surface area contributed by atoms with Crippen LogP contribution in [0.5, 0.6) is 0 Å². The first kappa shape index (κ1) is 12.4. The summed E-state index contributed by atoms with van der Waals surface area (Å²) in [6.07, 6.45) is 1.83. The lowest BCUT2D eigenvalue weighted by atomic mass is 10.1. The quantitative estimate of drug-likeness (QED) is 0.523.